The Bertz CT molecular complexity index is 1440. The van der Waals surface area contributed by atoms with Crippen LogP contribution in [0.2, 0.25) is 0 Å². The van der Waals surface area contributed by atoms with Crippen LogP contribution in [0.3, 0.4) is 0 Å². The maximum atomic E-state index is 14.2. The van der Waals surface area contributed by atoms with E-state index in [1.807, 2.05) is 26.0 Å². The summed E-state index contributed by atoms with van der Waals surface area (Å²) >= 11 is 0. The summed E-state index contributed by atoms with van der Waals surface area (Å²) in [6.45, 7) is 3.30. The summed E-state index contributed by atoms with van der Waals surface area (Å²) in [4.78, 5) is 29.4. The molecule has 1 atom stereocenters. The summed E-state index contributed by atoms with van der Waals surface area (Å²) in [6.07, 6.45) is 5.92. The zero-order chi connectivity index (χ0) is 30.1. The Morgan fingerprint density at radius 3 is 2.19 bits per heavy atom. The molecule has 4 rings (SSSR count). The van der Waals surface area contributed by atoms with E-state index in [4.69, 9.17) is 0 Å². The van der Waals surface area contributed by atoms with Crippen molar-refractivity contribution in [1.29, 1.82) is 0 Å². The van der Waals surface area contributed by atoms with Crippen molar-refractivity contribution >= 4 is 27.5 Å². The first-order valence-corrected chi connectivity index (χ1v) is 16.2. The van der Waals surface area contributed by atoms with Crippen molar-refractivity contribution in [1.82, 2.24) is 10.2 Å². The molecule has 7 nitrogen and oxygen atoms in total. The first kappa shape index (κ1) is 31.2. The molecule has 0 aromatic heterocycles. The van der Waals surface area contributed by atoms with E-state index in [1.165, 1.54) is 29.2 Å². The Balaban J connectivity index is 1.72. The van der Waals surface area contributed by atoms with Crippen LogP contribution in [-0.2, 0) is 32.6 Å². The largest absolute Gasteiger partial charge is 0.352 e. The number of sulfonamides is 1. The molecule has 1 unspecified atom stereocenters. The van der Waals surface area contributed by atoms with Crippen LogP contribution in [0.4, 0.5) is 10.1 Å². The van der Waals surface area contributed by atoms with Crippen LogP contribution in [0, 0.1) is 5.82 Å². The van der Waals surface area contributed by atoms with Gasteiger partial charge in [0.2, 0.25) is 11.8 Å². The SMILES string of the molecule is CCc1ccccc1N(CC(=O)N(Cc1ccc(F)cc1)C(CC)C(=O)NC1CCCCC1)S(=O)(=O)c1ccccc1. The van der Waals surface area contributed by atoms with Gasteiger partial charge in [-0.15, -0.1) is 0 Å². The van der Waals surface area contributed by atoms with Crippen molar-refractivity contribution in [2.24, 2.45) is 0 Å². The van der Waals surface area contributed by atoms with Gasteiger partial charge in [0, 0.05) is 12.6 Å². The second-order valence-corrected chi connectivity index (χ2v) is 12.6. The highest BCUT2D eigenvalue weighted by atomic mass is 32.2. The van der Waals surface area contributed by atoms with E-state index < -0.39 is 34.3 Å². The second-order valence-electron chi connectivity index (χ2n) is 10.7. The van der Waals surface area contributed by atoms with E-state index in [9.17, 15) is 22.4 Å². The fourth-order valence-electron chi connectivity index (χ4n) is 5.54. The molecule has 42 heavy (non-hydrogen) atoms. The molecule has 9 heteroatoms. The average Bonchev–Trinajstić information content (AvgIpc) is 3.01. The highest BCUT2D eigenvalue weighted by Crippen LogP contribution is 2.28. The van der Waals surface area contributed by atoms with Gasteiger partial charge in [-0.2, -0.15) is 0 Å². The highest BCUT2D eigenvalue weighted by Gasteiger charge is 2.35. The van der Waals surface area contributed by atoms with Gasteiger partial charge in [-0.1, -0.05) is 81.6 Å². The fourth-order valence-corrected chi connectivity index (χ4v) is 7.01. The highest BCUT2D eigenvalue weighted by molar-refractivity contribution is 7.92. The van der Waals surface area contributed by atoms with Crippen LogP contribution in [-0.4, -0.2) is 43.8 Å². The molecule has 0 radical (unpaired) electrons. The molecule has 1 fully saturated rings. The number of aryl methyl sites for hydroxylation is 1. The number of halogens is 1. The Hall–Kier alpha value is -3.72. The van der Waals surface area contributed by atoms with E-state index in [0.717, 1.165) is 42.0 Å². The molecular formula is C33H40FN3O4S. The minimum Gasteiger partial charge on any atom is -0.352 e. The monoisotopic (exact) mass is 593 g/mol. The number of hydrogen-bond donors (Lipinski definition) is 1. The number of anilines is 1. The number of rotatable bonds is 12. The lowest BCUT2D eigenvalue weighted by atomic mass is 9.95. The molecule has 0 bridgehead atoms. The number of amides is 2. The smallest absolute Gasteiger partial charge is 0.264 e. The Labute approximate surface area is 248 Å². The lowest BCUT2D eigenvalue weighted by molar-refractivity contribution is -0.140. The molecule has 224 valence electrons. The number of nitrogens with zero attached hydrogens (tertiary/aromatic N) is 2. The molecule has 3 aromatic rings. The van der Waals surface area contributed by atoms with Gasteiger partial charge in [0.25, 0.3) is 10.0 Å². The molecule has 3 aromatic carbocycles. The fraction of sp³-hybridized carbons (Fsp3) is 0.394. The van der Waals surface area contributed by atoms with Crippen molar-refractivity contribution < 1.29 is 22.4 Å². The molecule has 1 aliphatic carbocycles. The van der Waals surface area contributed by atoms with Gasteiger partial charge in [0.1, 0.15) is 18.4 Å². The maximum absolute atomic E-state index is 14.2. The number of hydrogen-bond acceptors (Lipinski definition) is 4. The first-order valence-electron chi connectivity index (χ1n) is 14.7. The van der Waals surface area contributed by atoms with Gasteiger partial charge in [0.15, 0.2) is 0 Å². The van der Waals surface area contributed by atoms with Gasteiger partial charge < -0.3 is 10.2 Å². The molecule has 0 aliphatic heterocycles. The van der Waals surface area contributed by atoms with Crippen LogP contribution >= 0.6 is 0 Å². The third-order valence-corrected chi connectivity index (χ3v) is 9.63. The summed E-state index contributed by atoms with van der Waals surface area (Å²) in [6, 6.07) is 20.1. The minimum atomic E-state index is -4.13. The molecule has 1 saturated carbocycles. The molecule has 0 heterocycles. The first-order chi connectivity index (χ1) is 20.2. The van der Waals surface area contributed by atoms with Gasteiger partial charge in [-0.05, 0) is 67.1 Å². The van der Waals surface area contributed by atoms with Crippen molar-refractivity contribution in [3.8, 4) is 0 Å². The zero-order valence-electron chi connectivity index (χ0n) is 24.3. The van der Waals surface area contributed by atoms with Crippen LogP contribution in [0.5, 0.6) is 0 Å². The Morgan fingerprint density at radius 2 is 1.55 bits per heavy atom. The average molecular weight is 594 g/mol. The molecule has 0 saturated heterocycles. The summed E-state index contributed by atoms with van der Waals surface area (Å²) in [5, 5.41) is 3.13. The van der Waals surface area contributed by atoms with E-state index in [0.29, 0.717) is 24.1 Å². The number of nitrogens with one attached hydrogen (secondary N) is 1. The maximum Gasteiger partial charge on any atom is 0.264 e. The van der Waals surface area contributed by atoms with Gasteiger partial charge in [-0.3, -0.25) is 13.9 Å². The normalized spacial score (nSPS) is 14.6. The predicted molar refractivity (Wildman–Crippen MR) is 163 cm³/mol. The standard InChI is InChI=1S/C33H40FN3O4S/c1-3-26-13-11-12-18-31(26)37(42(40,41)29-16-9-6-10-17-29)24-32(38)36(23-25-19-21-27(34)22-20-25)30(4-2)33(39)35-28-14-7-5-8-15-28/h6,9-13,16-22,28,30H,3-5,7-8,14-15,23-24H2,1-2H3,(H,35,39). The van der Waals surface area contributed by atoms with Crippen molar-refractivity contribution in [3.63, 3.8) is 0 Å². The second kappa shape index (κ2) is 14.4. The third-order valence-electron chi connectivity index (χ3n) is 7.85. The van der Waals surface area contributed by atoms with Crippen molar-refractivity contribution in [2.45, 2.75) is 82.3 Å². The number of para-hydroxylation sites is 1. The third kappa shape index (κ3) is 7.56. The lowest BCUT2D eigenvalue weighted by Crippen LogP contribution is -2.54. The summed E-state index contributed by atoms with van der Waals surface area (Å²) in [7, 11) is -4.13. The lowest BCUT2D eigenvalue weighted by Gasteiger charge is -2.35. The van der Waals surface area contributed by atoms with Crippen LogP contribution in [0.25, 0.3) is 0 Å². The number of carbonyl (C=O) groups excluding carboxylic acids is 2. The Kier molecular flexibility index (Phi) is 10.7. The molecule has 0 spiro atoms. The molecule has 2 amide bonds. The van der Waals surface area contributed by atoms with Crippen molar-refractivity contribution in [3.05, 3.63) is 95.8 Å². The van der Waals surface area contributed by atoms with E-state index >= 15 is 0 Å². The van der Waals surface area contributed by atoms with Gasteiger partial charge >= 0.3 is 0 Å². The summed E-state index contributed by atoms with van der Waals surface area (Å²) < 4.78 is 42.9. The van der Waals surface area contributed by atoms with Gasteiger partial charge in [-0.25, -0.2) is 12.8 Å². The van der Waals surface area contributed by atoms with E-state index in [2.05, 4.69) is 5.32 Å². The van der Waals surface area contributed by atoms with Crippen molar-refractivity contribution in [2.75, 3.05) is 10.8 Å². The minimum absolute atomic E-state index is 0.0321. The van der Waals surface area contributed by atoms with Crippen LogP contribution in [0.1, 0.15) is 63.5 Å². The summed E-state index contributed by atoms with van der Waals surface area (Å²) in [5.41, 5.74) is 1.83. The Morgan fingerprint density at radius 1 is 0.905 bits per heavy atom. The summed E-state index contributed by atoms with van der Waals surface area (Å²) in [5.74, 6) is -1.18. The number of carbonyl (C=O) groups is 2. The van der Waals surface area contributed by atoms with Gasteiger partial charge in [0.05, 0.1) is 10.6 Å². The number of benzene rings is 3. The van der Waals surface area contributed by atoms with Crippen LogP contribution < -0.4 is 9.62 Å². The van der Waals surface area contributed by atoms with E-state index in [1.54, 1.807) is 42.5 Å². The molecule has 1 N–H and O–H groups in total. The predicted octanol–water partition coefficient (Wildman–Crippen LogP) is 5.84. The topological polar surface area (TPSA) is 86.8 Å². The quantitative estimate of drug-likeness (QED) is 0.286. The van der Waals surface area contributed by atoms with Crippen LogP contribution in [0.15, 0.2) is 83.8 Å². The molecular weight excluding hydrogens is 553 g/mol. The molecule has 1 aliphatic rings. The zero-order valence-corrected chi connectivity index (χ0v) is 25.2. The van der Waals surface area contributed by atoms with E-state index in [-0.39, 0.29) is 23.4 Å².